The number of pyridine rings is 1. The maximum absolute atomic E-state index is 12.8. The lowest BCUT2D eigenvalue weighted by Crippen LogP contribution is -2.27. The molecule has 1 aromatic heterocycles. The molecule has 0 aliphatic carbocycles. The molecule has 1 fully saturated rings. The number of halogens is 1. The van der Waals surface area contributed by atoms with Gasteiger partial charge in [-0.25, -0.2) is 0 Å². The quantitative estimate of drug-likeness (QED) is 0.381. The van der Waals surface area contributed by atoms with E-state index in [0.29, 0.717) is 26.4 Å². The van der Waals surface area contributed by atoms with Crippen molar-refractivity contribution in [2.45, 2.75) is 13.2 Å². The second kappa shape index (κ2) is 10.0. The summed E-state index contributed by atoms with van der Waals surface area (Å²) in [4.78, 5) is 31.1. The summed E-state index contributed by atoms with van der Waals surface area (Å²) >= 11 is 4.45. The third-order valence-corrected chi connectivity index (χ3v) is 6.19. The third kappa shape index (κ3) is 5.03. The van der Waals surface area contributed by atoms with Crippen molar-refractivity contribution in [1.82, 2.24) is 9.88 Å². The molecule has 0 atom stereocenters. The molecule has 3 aromatic rings. The standard InChI is InChI=1S/C24H19BrN2O4S/c1-30-20-12-17(11-19(25)22(20)31-15-18-9-5-6-10-26-18)13-21-23(28)27(24(29)32-21)14-16-7-3-2-4-8-16/h2-13H,14-15H2,1H3/b21-13-. The van der Waals surface area contributed by atoms with E-state index in [0.717, 1.165) is 23.0 Å². The molecule has 8 heteroatoms. The first-order valence-electron chi connectivity index (χ1n) is 9.74. The van der Waals surface area contributed by atoms with Crippen LogP contribution < -0.4 is 9.47 Å². The van der Waals surface area contributed by atoms with Gasteiger partial charge in [-0.2, -0.15) is 0 Å². The Labute approximate surface area is 198 Å². The Hall–Kier alpha value is -3.10. The first-order chi connectivity index (χ1) is 15.5. The largest absolute Gasteiger partial charge is 0.493 e. The maximum atomic E-state index is 12.8. The number of carbonyl (C=O) groups is 2. The van der Waals surface area contributed by atoms with Crippen LogP contribution in [0.25, 0.3) is 6.08 Å². The fraction of sp³-hybridized carbons (Fsp3) is 0.125. The number of hydrogen-bond acceptors (Lipinski definition) is 6. The molecular formula is C24H19BrN2O4S. The fourth-order valence-electron chi connectivity index (χ4n) is 3.15. The van der Waals surface area contributed by atoms with Crippen LogP contribution in [-0.2, 0) is 17.9 Å². The molecular weight excluding hydrogens is 492 g/mol. The molecule has 162 valence electrons. The number of aromatic nitrogens is 1. The molecule has 1 saturated heterocycles. The Morgan fingerprint density at radius 2 is 1.88 bits per heavy atom. The van der Waals surface area contributed by atoms with Gasteiger partial charge in [-0.1, -0.05) is 36.4 Å². The van der Waals surface area contributed by atoms with Crippen LogP contribution in [0.1, 0.15) is 16.8 Å². The summed E-state index contributed by atoms with van der Waals surface area (Å²) in [6.07, 6.45) is 3.39. The number of carbonyl (C=O) groups excluding carboxylic acids is 2. The number of thioether (sulfide) groups is 1. The molecule has 4 rings (SSSR count). The lowest BCUT2D eigenvalue weighted by molar-refractivity contribution is -0.123. The van der Waals surface area contributed by atoms with E-state index in [-0.39, 0.29) is 24.3 Å². The molecule has 2 amide bonds. The lowest BCUT2D eigenvalue weighted by Gasteiger charge is -2.14. The monoisotopic (exact) mass is 510 g/mol. The predicted molar refractivity (Wildman–Crippen MR) is 127 cm³/mol. The molecule has 1 aliphatic heterocycles. The number of imide groups is 1. The van der Waals surface area contributed by atoms with Gasteiger partial charge in [-0.3, -0.25) is 19.5 Å². The smallest absolute Gasteiger partial charge is 0.293 e. The summed E-state index contributed by atoms with van der Waals surface area (Å²) < 4.78 is 12.1. The maximum Gasteiger partial charge on any atom is 0.293 e. The average Bonchev–Trinajstić information content (AvgIpc) is 3.06. The van der Waals surface area contributed by atoms with E-state index < -0.39 is 0 Å². The minimum atomic E-state index is -0.311. The van der Waals surface area contributed by atoms with Gasteiger partial charge in [0.15, 0.2) is 11.5 Å². The average molecular weight is 511 g/mol. The van der Waals surface area contributed by atoms with Gasteiger partial charge in [0.1, 0.15) is 6.61 Å². The Bertz CT molecular complexity index is 1170. The first kappa shape index (κ1) is 22.1. The van der Waals surface area contributed by atoms with Crippen LogP contribution in [-0.4, -0.2) is 28.1 Å². The van der Waals surface area contributed by atoms with E-state index in [2.05, 4.69) is 20.9 Å². The summed E-state index contributed by atoms with van der Waals surface area (Å²) in [7, 11) is 1.55. The third-order valence-electron chi connectivity index (χ3n) is 4.70. The van der Waals surface area contributed by atoms with Crippen LogP contribution in [0, 0.1) is 0 Å². The SMILES string of the molecule is COc1cc(/C=C2\SC(=O)N(Cc3ccccc3)C2=O)cc(Br)c1OCc1ccccn1. The zero-order valence-electron chi connectivity index (χ0n) is 17.2. The first-order valence-corrected chi connectivity index (χ1v) is 11.4. The Morgan fingerprint density at radius 3 is 2.59 bits per heavy atom. The minimum absolute atomic E-state index is 0.246. The molecule has 0 radical (unpaired) electrons. The highest BCUT2D eigenvalue weighted by Gasteiger charge is 2.35. The van der Waals surface area contributed by atoms with Gasteiger partial charge in [-0.05, 0) is 69.2 Å². The number of benzene rings is 2. The van der Waals surface area contributed by atoms with Crippen LogP contribution in [0.3, 0.4) is 0 Å². The van der Waals surface area contributed by atoms with Crippen molar-refractivity contribution in [1.29, 1.82) is 0 Å². The Morgan fingerprint density at radius 1 is 1.09 bits per heavy atom. The van der Waals surface area contributed by atoms with Gasteiger partial charge in [0.25, 0.3) is 11.1 Å². The summed E-state index contributed by atoms with van der Waals surface area (Å²) in [5.41, 5.74) is 2.40. The van der Waals surface area contributed by atoms with E-state index in [1.807, 2.05) is 54.6 Å². The van der Waals surface area contributed by atoms with Gasteiger partial charge in [0, 0.05) is 6.20 Å². The highest BCUT2D eigenvalue weighted by molar-refractivity contribution is 9.10. The number of rotatable bonds is 7. The number of methoxy groups -OCH3 is 1. The van der Waals surface area contributed by atoms with E-state index >= 15 is 0 Å². The van der Waals surface area contributed by atoms with Crippen LogP contribution in [0.2, 0.25) is 0 Å². The Kier molecular flexibility index (Phi) is 6.92. The van der Waals surface area contributed by atoms with E-state index in [1.165, 1.54) is 4.90 Å². The molecule has 0 unspecified atom stereocenters. The van der Waals surface area contributed by atoms with E-state index in [4.69, 9.17) is 9.47 Å². The normalized spacial score (nSPS) is 14.8. The van der Waals surface area contributed by atoms with E-state index in [1.54, 1.807) is 25.4 Å². The highest BCUT2D eigenvalue weighted by Crippen LogP contribution is 2.39. The molecule has 0 saturated carbocycles. The van der Waals surface area contributed by atoms with Gasteiger partial charge in [0.2, 0.25) is 0 Å². The highest BCUT2D eigenvalue weighted by atomic mass is 79.9. The number of amides is 2. The van der Waals surface area contributed by atoms with Crippen LogP contribution in [0.5, 0.6) is 11.5 Å². The molecule has 1 aliphatic rings. The van der Waals surface area contributed by atoms with Gasteiger partial charge in [-0.15, -0.1) is 0 Å². The van der Waals surface area contributed by atoms with Gasteiger partial charge in [0.05, 0.1) is 28.7 Å². The van der Waals surface area contributed by atoms with Crippen LogP contribution in [0.4, 0.5) is 4.79 Å². The molecule has 2 aromatic carbocycles. The minimum Gasteiger partial charge on any atom is -0.493 e. The summed E-state index contributed by atoms with van der Waals surface area (Å²) in [5.74, 6) is 0.729. The van der Waals surface area contributed by atoms with Crippen LogP contribution in [0.15, 0.2) is 76.2 Å². The molecule has 0 bridgehead atoms. The van der Waals surface area contributed by atoms with Crippen molar-refractivity contribution in [2.24, 2.45) is 0 Å². The van der Waals surface area contributed by atoms with Gasteiger partial charge < -0.3 is 9.47 Å². The van der Waals surface area contributed by atoms with Crippen molar-refractivity contribution in [3.05, 3.63) is 93.1 Å². The summed E-state index contributed by atoms with van der Waals surface area (Å²) in [6.45, 7) is 0.531. The van der Waals surface area contributed by atoms with Crippen molar-refractivity contribution in [3.8, 4) is 11.5 Å². The van der Waals surface area contributed by atoms with Crippen molar-refractivity contribution in [3.63, 3.8) is 0 Å². The molecule has 2 heterocycles. The molecule has 6 nitrogen and oxygen atoms in total. The van der Waals surface area contributed by atoms with E-state index in [9.17, 15) is 9.59 Å². The van der Waals surface area contributed by atoms with Crippen molar-refractivity contribution in [2.75, 3.05) is 7.11 Å². The predicted octanol–water partition coefficient (Wildman–Crippen LogP) is 5.67. The fourth-order valence-corrected chi connectivity index (χ4v) is 4.56. The zero-order chi connectivity index (χ0) is 22.5. The van der Waals surface area contributed by atoms with Crippen molar-refractivity contribution >= 4 is 44.9 Å². The Balaban J connectivity index is 1.54. The summed E-state index contributed by atoms with van der Waals surface area (Å²) in [5, 5.41) is -0.286. The van der Waals surface area contributed by atoms with Crippen LogP contribution >= 0.6 is 27.7 Å². The molecule has 32 heavy (non-hydrogen) atoms. The van der Waals surface area contributed by atoms with Crippen molar-refractivity contribution < 1.29 is 19.1 Å². The lowest BCUT2D eigenvalue weighted by atomic mass is 10.1. The number of nitrogens with zero attached hydrogens (tertiary/aromatic N) is 2. The van der Waals surface area contributed by atoms with Gasteiger partial charge >= 0.3 is 0 Å². The number of hydrogen-bond donors (Lipinski definition) is 0. The summed E-state index contributed by atoms with van der Waals surface area (Å²) in [6, 6.07) is 18.6. The topological polar surface area (TPSA) is 68.7 Å². The number of ether oxygens (including phenoxy) is 2. The zero-order valence-corrected chi connectivity index (χ0v) is 19.6. The molecule has 0 N–H and O–H groups in total. The molecule has 0 spiro atoms. The second-order valence-corrected chi connectivity index (χ2v) is 8.74. The second-order valence-electron chi connectivity index (χ2n) is 6.90.